The number of carbonyl (C=O) groups is 1. The third-order valence-electron chi connectivity index (χ3n) is 2.91. The van der Waals surface area contributed by atoms with Crippen LogP contribution in [0.4, 0.5) is 5.69 Å². The molecule has 0 atom stereocenters. The van der Waals surface area contributed by atoms with Crippen LogP contribution in [0.1, 0.15) is 30.0 Å². The Kier molecular flexibility index (Phi) is 4.27. The van der Waals surface area contributed by atoms with E-state index in [2.05, 4.69) is 10.1 Å². The van der Waals surface area contributed by atoms with Crippen molar-refractivity contribution in [2.24, 2.45) is 0 Å². The van der Waals surface area contributed by atoms with Gasteiger partial charge in [0.05, 0.1) is 10.5 Å². The number of hydrogen-bond donors (Lipinski definition) is 0. The molecule has 1 aromatic carbocycles. The fourth-order valence-electron chi connectivity index (χ4n) is 1.84. The van der Waals surface area contributed by atoms with Crippen LogP contribution in [0.25, 0.3) is 0 Å². The molecule has 0 unspecified atom stereocenters. The molecule has 0 aliphatic rings. The van der Waals surface area contributed by atoms with Crippen LogP contribution in [0.3, 0.4) is 0 Å². The van der Waals surface area contributed by atoms with Crippen LogP contribution in [0.15, 0.2) is 24.5 Å². The number of aryl methyl sites for hydroxylation is 1. The maximum atomic E-state index is 11.6. The van der Waals surface area contributed by atoms with Crippen molar-refractivity contribution in [1.82, 2.24) is 14.8 Å². The molecule has 0 N–H and O–H groups in total. The Balaban J connectivity index is 2.23. The number of ether oxygens (including phenoxy) is 1. The second-order valence-electron chi connectivity index (χ2n) is 4.27. The van der Waals surface area contributed by atoms with Crippen molar-refractivity contribution in [3.63, 3.8) is 0 Å². The molecule has 0 fully saturated rings. The van der Waals surface area contributed by atoms with Crippen LogP contribution < -0.4 is 4.74 Å². The van der Waals surface area contributed by atoms with E-state index in [4.69, 9.17) is 4.74 Å². The van der Waals surface area contributed by atoms with Gasteiger partial charge in [-0.05, 0) is 19.9 Å². The van der Waals surface area contributed by atoms with Crippen LogP contribution in [0.5, 0.6) is 5.75 Å². The lowest BCUT2D eigenvalue weighted by atomic mass is 10.1. The number of hydrogen-bond acceptors (Lipinski definition) is 6. The Hall–Kier alpha value is -2.77. The average molecular weight is 290 g/mol. The van der Waals surface area contributed by atoms with Gasteiger partial charge < -0.3 is 4.74 Å². The summed E-state index contributed by atoms with van der Waals surface area (Å²) >= 11 is 0. The summed E-state index contributed by atoms with van der Waals surface area (Å²) in [7, 11) is 0. The Bertz CT molecular complexity index is 681. The second kappa shape index (κ2) is 6.12. The lowest BCUT2D eigenvalue weighted by Gasteiger charge is -2.09. The quantitative estimate of drug-likeness (QED) is 0.458. The average Bonchev–Trinajstić information content (AvgIpc) is 2.92. The molecular formula is C13H14N4O4. The highest BCUT2D eigenvalue weighted by molar-refractivity contribution is 5.97. The first-order valence-corrected chi connectivity index (χ1v) is 6.31. The van der Waals surface area contributed by atoms with Crippen molar-refractivity contribution < 1.29 is 14.5 Å². The van der Waals surface area contributed by atoms with E-state index in [1.807, 2.05) is 6.92 Å². The summed E-state index contributed by atoms with van der Waals surface area (Å²) in [6.07, 6.45) is 1.42. The highest BCUT2D eigenvalue weighted by atomic mass is 16.6. The summed E-state index contributed by atoms with van der Waals surface area (Å²) in [6.45, 7) is 4.04. The zero-order valence-corrected chi connectivity index (χ0v) is 11.6. The number of non-ortho nitro benzene ring substituents is 1. The number of benzene rings is 1. The zero-order chi connectivity index (χ0) is 15.4. The van der Waals surface area contributed by atoms with Crippen LogP contribution in [-0.4, -0.2) is 25.5 Å². The summed E-state index contributed by atoms with van der Waals surface area (Å²) < 4.78 is 7.22. The molecule has 8 nitrogen and oxygen atoms in total. The molecule has 1 aromatic heterocycles. The standard InChI is InChI=1S/C13H14N4O4/c1-3-16-13(14-8-15-16)7-21-12-5-4-10(17(19)20)6-11(12)9(2)18/h4-6,8H,3,7H2,1-2H3. The third-order valence-corrected chi connectivity index (χ3v) is 2.91. The van der Waals surface area contributed by atoms with Gasteiger partial charge in [-0.2, -0.15) is 5.10 Å². The predicted molar refractivity (Wildman–Crippen MR) is 73.1 cm³/mol. The van der Waals surface area contributed by atoms with Crippen LogP contribution in [0, 0.1) is 10.1 Å². The zero-order valence-electron chi connectivity index (χ0n) is 11.6. The smallest absolute Gasteiger partial charge is 0.270 e. The monoisotopic (exact) mass is 290 g/mol. The van der Waals surface area contributed by atoms with Crippen molar-refractivity contribution in [2.45, 2.75) is 27.0 Å². The first-order chi connectivity index (χ1) is 10.0. The molecule has 0 spiro atoms. The lowest BCUT2D eigenvalue weighted by Crippen LogP contribution is -2.09. The van der Waals surface area contributed by atoms with E-state index in [0.29, 0.717) is 18.1 Å². The van der Waals surface area contributed by atoms with Crippen LogP contribution in [-0.2, 0) is 13.2 Å². The van der Waals surface area contributed by atoms with Gasteiger partial charge in [-0.1, -0.05) is 0 Å². The van der Waals surface area contributed by atoms with Crippen molar-refractivity contribution in [3.05, 3.63) is 46.0 Å². The summed E-state index contributed by atoms with van der Waals surface area (Å²) in [4.78, 5) is 25.8. The molecule has 0 bridgehead atoms. The van der Waals surface area contributed by atoms with Gasteiger partial charge >= 0.3 is 0 Å². The fourth-order valence-corrected chi connectivity index (χ4v) is 1.84. The molecule has 0 aliphatic carbocycles. The van der Waals surface area contributed by atoms with Gasteiger partial charge in [0.15, 0.2) is 11.6 Å². The van der Waals surface area contributed by atoms with Gasteiger partial charge in [-0.3, -0.25) is 14.9 Å². The van der Waals surface area contributed by atoms with E-state index in [1.54, 1.807) is 4.68 Å². The maximum absolute atomic E-state index is 11.6. The fraction of sp³-hybridized carbons (Fsp3) is 0.308. The van der Waals surface area contributed by atoms with Crippen molar-refractivity contribution in [1.29, 1.82) is 0 Å². The minimum absolute atomic E-state index is 0.131. The highest BCUT2D eigenvalue weighted by Crippen LogP contribution is 2.25. The van der Waals surface area contributed by atoms with Crippen molar-refractivity contribution >= 4 is 11.5 Å². The van der Waals surface area contributed by atoms with E-state index in [0.717, 1.165) is 0 Å². The number of nitrogens with zero attached hydrogens (tertiary/aromatic N) is 4. The molecule has 1 heterocycles. The number of carbonyl (C=O) groups excluding carboxylic acids is 1. The molecule has 2 rings (SSSR count). The van der Waals surface area contributed by atoms with Gasteiger partial charge in [0, 0.05) is 18.7 Å². The summed E-state index contributed by atoms with van der Waals surface area (Å²) in [5.74, 6) is 0.606. The number of nitro benzene ring substituents is 1. The van der Waals surface area contributed by atoms with Gasteiger partial charge in [-0.25, -0.2) is 9.67 Å². The summed E-state index contributed by atoms with van der Waals surface area (Å²) in [5.41, 5.74) is 0.0241. The number of nitro groups is 1. The molecule has 21 heavy (non-hydrogen) atoms. The van der Waals surface area contributed by atoms with E-state index >= 15 is 0 Å². The Labute approximate surface area is 120 Å². The molecule has 110 valence electrons. The first kappa shape index (κ1) is 14.6. The topological polar surface area (TPSA) is 100 Å². The Morgan fingerprint density at radius 2 is 2.24 bits per heavy atom. The minimum Gasteiger partial charge on any atom is -0.485 e. The van der Waals surface area contributed by atoms with Gasteiger partial charge in [-0.15, -0.1) is 0 Å². The molecule has 0 aliphatic heterocycles. The van der Waals surface area contributed by atoms with E-state index in [9.17, 15) is 14.9 Å². The van der Waals surface area contributed by atoms with Gasteiger partial charge in [0.1, 0.15) is 18.7 Å². The Morgan fingerprint density at radius 1 is 1.48 bits per heavy atom. The van der Waals surface area contributed by atoms with Crippen LogP contribution in [0.2, 0.25) is 0 Å². The number of ketones is 1. The number of Topliss-reactive ketones (excluding diaryl/α,β-unsaturated/α-hetero) is 1. The molecule has 0 saturated heterocycles. The summed E-state index contributed by atoms with van der Waals surface area (Å²) in [5, 5.41) is 14.8. The lowest BCUT2D eigenvalue weighted by molar-refractivity contribution is -0.384. The maximum Gasteiger partial charge on any atom is 0.270 e. The SMILES string of the molecule is CCn1ncnc1COc1ccc([N+](=O)[O-])cc1C(C)=O. The molecule has 0 radical (unpaired) electrons. The highest BCUT2D eigenvalue weighted by Gasteiger charge is 2.15. The van der Waals surface area contributed by atoms with E-state index < -0.39 is 4.92 Å². The van der Waals surface area contributed by atoms with Crippen molar-refractivity contribution in [2.75, 3.05) is 0 Å². The molecule has 2 aromatic rings. The minimum atomic E-state index is -0.552. The summed E-state index contributed by atoms with van der Waals surface area (Å²) in [6, 6.07) is 3.93. The largest absolute Gasteiger partial charge is 0.485 e. The van der Waals surface area contributed by atoms with Gasteiger partial charge in [0.2, 0.25) is 0 Å². The molecule has 8 heteroatoms. The predicted octanol–water partition coefficient (Wildman–Crippen LogP) is 1.99. The number of aromatic nitrogens is 3. The Morgan fingerprint density at radius 3 is 2.86 bits per heavy atom. The van der Waals surface area contributed by atoms with E-state index in [1.165, 1.54) is 31.5 Å². The molecule has 0 amide bonds. The second-order valence-corrected chi connectivity index (χ2v) is 4.27. The third kappa shape index (κ3) is 3.22. The first-order valence-electron chi connectivity index (χ1n) is 6.31. The van der Waals surface area contributed by atoms with Gasteiger partial charge in [0.25, 0.3) is 5.69 Å². The van der Waals surface area contributed by atoms with Crippen LogP contribution >= 0.6 is 0 Å². The normalized spacial score (nSPS) is 10.4. The molecular weight excluding hydrogens is 276 g/mol. The van der Waals surface area contributed by atoms with E-state index in [-0.39, 0.29) is 23.6 Å². The molecule has 0 saturated carbocycles. The van der Waals surface area contributed by atoms with Crippen molar-refractivity contribution in [3.8, 4) is 5.75 Å². The number of rotatable bonds is 6.